The van der Waals surface area contributed by atoms with E-state index in [1.54, 1.807) is 17.9 Å². The van der Waals surface area contributed by atoms with E-state index in [1.807, 2.05) is 0 Å². The molecule has 2 aromatic rings. The van der Waals surface area contributed by atoms with E-state index >= 15 is 0 Å². The summed E-state index contributed by atoms with van der Waals surface area (Å²) in [6, 6.07) is 5.72. The Morgan fingerprint density at radius 2 is 1.93 bits per heavy atom. The SMILES string of the molecule is Cc1ncc(C(=O)N2CCC[C@@H](CCc3ccccc3C(F)(F)F)C2)cn1. The number of aryl methyl sites for hydroxylation is 2. The molecule has 0 unspecified atom stereocenters. The molecule has 0 bridgehead atoms. The summed E-state index contributed by atoms with van der Waals surface area (Å²) in [6.45, 7) is 2.97. The molecule has 1 aliphatic rings. The van der Waals surface area contributed by atoms with Crippen molar-refractivity contribution in [1.82, 2.24) is 14.9 Å². The minimum Gasteiger partial charge on any atom is -0.338 e. The topological polar surface area (TPSA) is 46.1 Å². The van der Waals surface area contributed by atoms with Crippen LogP contribution in [0.2, 0.25) is 0 Å². The van der Waals surface area contributed by atoms with Gasteiger partial charge in [-0.15, -0.1) is 0 Å². The molecule has 0 spiro atoms. The number of hydrogen-bond acceptors (Lipinski definition) is 3. The number of likely N-dealkylation sites (tertiary alicyclic amines) is 1. The van der Waals surface area contributed by atoms with Gasteiger partial charge in [0.2, 0.25) is 0 Å². The zero-order chi connectivity index (χ0) is 19.4. The molecule has 1 aliphatic heterocycles. The van der Waals surface area contributed by atoms with Crippen LogP contribution in [0.4, 0.5) is 13.2 Å². The summed E-state index contributed by atoms with van der Waals surface area (Å²) < 4.78 is 39.4. The number of nitrogens with zero attached hydrogens (tertiary/aromatic N) is 3. The number of aromatic nitrogens is 2. The summed E-state index contributed by atoms with van der Waals surface area (Å²) in [7, 11) is 0. The molecule has 0 N–H and O–H groups in total. The van der Waals surface area contributed by atoms with E-state index in [0.29, 0.717) is 42.9 Å². The van der Waals surface area contributed by atoms with Crippen molar-refractivity contribution in [2.24, 2.45) is 5.92 Å². The summed E-state index contributed by atoms with van der Waals surface area (Å²) in [5.74, 6) is 0.678. The maximum Gasteiger partial charge on any atom is 0.416 e. The largest absolute Gasteiger partial charge is 0.416 e. The van der Waals surface area contributed by atoms with Gasteiger partial charge >= 0.3 is 6.18 Å². The summed E-state index contributed by atoms with van der Waals surface area (Å²) in [4.78, 5) is 22.5. The molecular formula is C20H22F3N3O. The predicted molar refractivity (Wildman–Crippen MR) is 95.2 cm³/mol. The van der Waals surface area contributed by atoms with Crippen molar-refractivity contribution < 1.29 is 18.0 Å². The Balaban J connectivity index is 1.62. The van der Waals surface area contributed by atoms with Crippen molar-refractivity contribution in [3.05, 3.63) is 59.2 Å². The second-order valence-corrected chi connectivity index (χ2v) is 6.97. The lowest BCUT2D eigenvalue weighted by Gasteiger charge is -2.33. The first-order valence-corrected chi connectivity index (χ1v) is 9.07. The third-order valence-electron chi connectivity index (χ3n) is 4.98. The first kappa shape index (κ1) is 19.3. The molecule has 0 radical (unpaired) electrons. The number of carbonyl (C=O) groups excluding carboxylic acids is 1. The van der Waals surface area contributed by atoms with Gasteiger partial charge in [0.25, 0.3) is 5.91 Å². The van der Waals surface area contributed by atoms with Crippen molar-refractivity contribution in [2.45, 2.75) is 38.8 Å². The molecule has 4 nitrogen and oxygen atoms in total. The molecule has 7 heteroatoms. The Morgan fingerprint density at radius 3 is 2.63 bits per heavy atom. The normalized spacial score (nSPS) is 17.8. The highest BCUT2D eigenvalue weighted by atomic mass is 19.4. The van der Waals surface area contributed by atoms with Gasteiger partial charge in [-0.05, 0) is 50.2 Å². The predicted octanol–water partition coefficient (Wildman–Crippen LogP) is 4.29. The number of carbonyl (C=O) groups is 1. The summed E-state index contributed by atoms with van der Waals surface area (Å²) in [5, 5.41) is 0. The van der Waals surface area contributed by atoms with E-state index in [9.17, 15) is 18.0 Å². The van der Waals surface area contributed by atoms with Crippen molar-refractivity contribution in [3.8, 4) is 0 Å². The summed E-state index contributed by atoms with van der Waals surface area (Å²) >= 11 is 0. The highest BCUT2D eigenvalue weighted by molar-refractivity contribution is 5.93. The average Bonchev–Trinajstić information content (AvgIpc) is 2.66. The van der Waals surface area contributed by atoms with Crippen molar-refractivity contribution >= 4 is 5.91 Å². The lowest BCUT2D eigenvalue weighted by molar-refractivity contribution is -0.138. The minimum atomic E-state index is -4.34. The van der Waals surface area contributed by atoms with Crippen LogP contribution in [0, 0.1) is 12.8 Å². The first-order valence-electron chi connectivity index (χ1n) is 9.07. The Hall–Kier alpha value is -2.44. The van der Waals surface area contributed by atoms with Gasteiger partial charge in [0.15, 0.2) is 0 Å². The van der Waals surface area contributed by atoms with E-state index in [0.717, 1.165) is 18.9 Å². The fourth-order valence-electron chi connectivity index (χ4n) is 3.55. The van der Waals surface area contributed by atoms with E-state index in [4.69, 9.17) is 0 Å². The molecule has 1 fully saturated rings. The number of piperidine rings is 1. The van der Waals surface area contributed by atoms with Gasteiger partial charge in [0, 0.05) is 25.5 Å². The number of rotatable bonds is 4. The van der Waals surface area contributed by atoms with Gasteiger partial charge in [-0.25, -0.2) is 9.97 Å². The number of hydrogen-bond donors (Lipinski definition) is 0. The van der Waals surface area contributed by atoms with Gasteiger partial charge < -0.3 is 4.90 Å². The first-order chi connectivity index (χ1) is 12.8. The highest BCUT2D eigenvalue weighted by Crippen LogP contribution is 2.33. The Bertz CT molecular complexity index is 790. The average molecular weight is 377 g/mol. The summed E-state index contributed by atoms with van der Waals surface area (Å²) in [5.41, 5.74) is 0.203. The van der Waals surface area contributed by atoms with Crippen LogP contribution in [0.1, 0.15) is 46.6 Å². The molecule has 1 aromatic heterocycles. The third-order valence-corrected chi connectivity index (χ3v) is 4.98. The van der Waals surface area contributed by atoms with Gasteiger partial charge in [-0.3, -0.25) is 4.79 Å². The maximum atomic E-state index is 13.1. The fourth-order valence-corrected chi connectivity index (χ4v) is 3.55. The van der Waals surface area contributed by atoms with E-state index < -0.39 is 11.7 Å². The van der Waals surface area contributed by atoms with Crippen LogP contribution in [0.3, 0.4) is 0 Å². The molecule has 1 saturated heterocycles. The minimum absolute atomic E-state index is 0.115. The van der Waals surface area contributed by atoms with Crippen LogP contribution in [0.25, 0.3) is 0 Å². The highest BCUT2D eigenvalue weighted by Gasteiger charge is 2.33. The quantitative estimate of drug-likeness (QED) is 0.799. The smallest absolute Gasteiger partial charge is 0.338 e. The molecule has 2 heterocycles. The second kappa shape index (κ2) is 8.06. The number of amides is 1. The molecule has 1 atom stereocenters. The van der Waals surface area contributed by atoms with E-state index in [1.165, 1.54) is 24.5 Å². The van der Waals surface area contributed by atoms with Gasteiger partial charge in [-0.1, -0.05) is 18.2 Å². The van der Waals surface area contributed by atoms with Crippen LogP contribution in [-0.2, 0) is 12.6 Å². The molecule has 27 heavy (non-hydrogen) atoms. The zero-order valence-corrected chi connectivity index (χ0v) is 15.2. The lowest BCUT2D eigenvalue weighted by Crippen LogP contribution is -2.40. The Kier molecular flexibility index (Phi) is 5.77. The van der Waals surface area contributed by atoms with E-state index in [-0.39, 0.29) is 11.8 Å². The van der Waals surface area contributed by atoms with Gasteiger partial charge in [-0.2, -0.15) is 13.2 Å². The third kappa shape index (κ3) is 4.84. The van der Waals surface area contributed by atoms with Crippen LogP contribution >= 0.6 is 0 Å². The maximum absolute atomic E-state index is 13.1. The molecule has 1 amide bonds. The second-order valence-electron chi connectivity index (χ2n) is 6.97. The molecular weight excluding hydrogens is 355 g/mol. The summed E-state index contributed by atoms with van der Waals surface area (Å²) in [6.07, 6.45) is 1.46. The Labute approximate surface area is 156 Å². The van der Waals surface area contributed by atoms with Crippen molar-refractivity contribution in [2.75, 3.05) is 13.1 Å². The lowest BCUT2D eigenvalue weighted by atomic mass is 9.90. The monoisotopic (exact) mass is 377 g/mol. The van der Waals surface area contributed by atoms with Gasteiger partial charge in [0.1, 0.15) is 5.82 Å². The Morgan fingerprint density at radius 1 is 1.22 bits per heavy atom. The fraction of sp³-hybridized carbons (Fsp3) is 0.450. The van der Waals surface area contributed by atoms with Gasteiger partial charge in [0.05, 0.1) is 11.1 Å². The number of halogens is 3. The van der Waals surface area contributed by atoms with Crippen molar-refractivity contribution in [3.63, 3.8) is 0 Å². The molecule has 1 aromatic carbocycles. The molecule has 144 valence electrons. The van der Waals surface area contributed by atoms with Crippen molar-refractivity contribution in [1.29, 1.82) is 0 Å². The van der Waals surface area contributed by atoms with Crippen LogP contribution in [-0.4, -0.2) is 33.9 Å². The number of benzene rings is 1. The van der Waals surface area contributed by atoms with Crippen LogP contribution in [0.15, 0.2) is 36.7 Å². The number of alkyl halides is 3. The van der Waals surface area contributed by atoms with E-state index in [2.05, 4.69) is 9.97 Å². The zero-order valence-electron chi connectivity index (χ0n) is 15.2. The standard InChI is InChI=1S/C20H22F3N3O/c1-14-24-11-17(12-25-14)19(27)26-10-4-5-15(13-26)8-9-16-6-2-3-7-18(16)20(21,22)23/h2-3,6-7,11-12,15H,4-5,8-10,13H2,1H3/t15-/m0/s1. The van der Waals surface area contributed by atoms with Crippen LogP contribution in [0.5, 0.6) is 0 Å². The molecule has 3 rings (SSSR count). The van der Waals surface area contributed by atoms with Crippen LogP contribution < -0.4 is 0 Å². The molecule has 0 aliphatic carbocycles. The molecule has 0 saturated carbocycles.